The molecule has 106 valence electrons. The molecule has 0 aliphatic carbocycles. The van der Waals surface area contributed by atoms with Crippen LogP contribution >= 0.6 is 0 Å². The smallest absolute Gasteiger partial charge is 0.302 e. The van der Waals surface area contributed by atoms with E-state index in [1.165, 1.54) is 30.9 Å². The molecule has 1 rings (SSSR count). The fourth-order valence-corrected chi connectivity index (χ4v) is 2.18. The van der Waals surface area contributed by atoms with Crippen molar-refractivity contribution >= 4 is 5.97 Å². The van der Waals surface area contributed by atoms with Gasteiger partial charge >= 0.3 is 5.97 Å². The number of carbonyl (C=O) groups is 1. The third kappa shape index (κ3) is 6.42. The van der Waals surface area contributed by atoms with Crippen LogP contribution in [0.15, 0.2) is 24.3 Å². The highest BCUT2D eigenvalue weighted by molar-refractivity contribution is 5.65. The lowest BCUT2D eigenvalue weighted by Crippen LogP contribution is -2.23. The van der Waals surface area contributed by atoms with Gasteiger partial charge in [-0.1, -0.05) is 51.5 Å². The van der Waals surface area contributed by atoms with Crippen LogP contribution in [0.1, 0.15) is 51.7 Å². The Morgan fingerprint density at radius 3 is 2.58 bits per heavy atom. The molecule has 0 unspecified atom stereocenters. The number of hydrogen-bond acceptors (Lipinski definition) is 2. The minimum Gasteiger partial charge on any atom is -0.465 e. The van der Waals surface area contributed by atoms with Gasteiger partial charge in [-0.2, -0.15) is 0 Å². The normalized spacial score (nSPS) is 11.4. The minimum atomic E-state index is -0.204. The van der Waals surface area contributed by atoms with E-state index in [-0.39, 0.29) is 11.4 Å². The summed E-state index contributed by atoms with van der Waals surface area (Å²) in [4.78, 5) is 10.9. The number of benzene rings is 1. The average molecular weight is 262 g/mol. The maximum Gasteiger partial charge on any atom is 0.302 e. The predicted octanol–water partition coefficient (Wildman–Crippen LogP) is 4.16. The molecule has 0 bridgehead atoms. The highest BCUT2D eigenvalue weighted by atomic mass is 16.5. The molecular formula is C17H26O2. The second kappa shape index (κ2) is 7.32. The predicted molar refractivity (Wildman–Crippen MR) is 79.2 cm³/mol. The molecule has 1 aromatic rings. The monoisotopic (exact) mass is 262 g/mol. The molecule has 2 heteroatoms. The fourth-order valence-electron chi connectivity index (χ4n) is 2.18. The van der Waals surface area contributed by atoms with Gasteiger partial charge in [0, 0.05) is 12.3 Å². The summed E-state index contributed by atoms with van der Waals surface area (Å²) < 4.78 is 5.14. The quantitative estimate of drug-likeness (QED) is 0.690. The summed E-state index contributed by atoms with van der Waals surface area (Å²) in [5.74, 6) is -0.204. The molecule has 0 amide bonds. The summed E-state index contributed by atoms with van der Waals surface area (Å²) in [6, 6.07) is 8.76. The van der Waals surface area contributed by atoms with Gasteiger partial charge in [0.25, 0.3) is 0 Å². The maximum absolute atomic E-state index is 10.9. The second-order valence-corrected chi connectivity index (χ2v) is 6.04. The van der Waals surface area contributed by atoms with Gasteiger partial charge in [-0.05, 0) is 30.4 Å². The van der Waals surface area contributed by atoms with Crippen LogP contribution in [0.3, 0.4) is 0 Å². The lowest BCUT2D eigenvalue weighted by atomic mass is 9.86. The molecule has 1 aromatic carbocycles. The molecule has 0 saturated carbocycles. The van der Waals surface area contributed by atoms with E-state index in [1.54, 1.807) is 0 Å². The zero-order valence-electron chi connectivity index (χ0n) is 12.7. The SMILES string of the molecule is CCCCc1cccc(CC(C)(C)COC(C)=O)c1. The zero-order valence-corrected chi connectivity index (χ0v) is 12.7. The number of hydrogen-bond donors (Lipinski definition) is 0. The Morgan fingerprint density at radius 2 is 1.95 bits per heavy atom. The van der Waals surface area contributed by atoms with Crippen molar-refractivity contribution in [3.8, 4) is 0 Å². The summed E-state index contributed by atoms with van der Waals surface area (Å²) in [5, 5.41) is 0. The number of rotatable bonds is 7. The molecule has 0 aromatic heterocycles. The van der Waals surface area contributed by atoms with Crippen LogP contribution in [-0.2, 0) is 22.4 Å². The molecule has 0 aliphatic rings. The lowest BCUT2D eigenvalue weighted by molar-refractivity contribution is -0.143. The molecule has 0 atom stereocenters. The Bertz CT molecular complexity index is 407. The summed E-state index contributed by atoms with van der Waals surface area (Å²) in [6.45, 7) is 8.42. The molecule has 0 fully saturated rings. The number of carbonyl (C=O) groups excluding carboxylic acids is 1. The minimum absolute atomic E-state index is 0.0188. The zero-order chi connectivity index (χ0) is 14.3. The van der Waals surface area contributed by atoms with Crippen molar-refractivity contribution in [2.75, 3.05) is 6.61 Å². The van der Waals surface area contributed by atoms with E-state index >= 15 is 0 Å². The highest BCUT2D eigenvalue weighted by Crippen LogP contribution is 2.23. The molecule has 0 saturated heterocycles. The number of esters is 1. The van der Waals surface area contributed by atoms with Gasteiger partial charge in [0.15, 0.2) is 0 Å². The number of aryl methyl sites for hydroxylation is 1. The van der Waals surface area contributed by atoms with Crippen LogP contribution < -0.4 is 0 Å². The lowest BCUT2D eigenvalue weighted by Gasteiger charge is -2.24. The van der Waals surface area contributed by atoms with E-state index in [2.05, 4.69) is 45.0 Å². The molecule has 0 heterocycles. The van der Waals surface area contributed by atoms with Crippen molar-refractivity contribution in [1.82, 2.24) is 0 Å². The molecule has 0 radical (unpaired) electrons. The Balaban J connectivity index is 2.62. The maximum atomic E-state index is 10.9. The van der Waals surface area contributed by atoms with E-state index in [1.807, 2.05) is 0 Å². The summed E-state index contributed by atoms with van der Waals surface area (Å²) >= 11 is 0. The van der Waals surface area contributed by atoms with Crippen LogP contribution in [0.25, 0.3) is 0 Å². The fraction of sp³-hybridized carbons (Fsp3) is 0.588. The standard InChI is InChI=1S/C17H26O2/c1-5-6-8-15-9-7-10-16(11-15)12-17(3,4)13-19-14(2)18/h7,9-11H,5-6,8,12-13H2,1-4H3. The molecule has 19 heavy (non-hydrogen) atoms. The van der Waals surface area contributed by atoms with Crippen molar-refractivity contribution in [1.29, 1.82) is 0 Å². The topological polar surface area (TPSA) is 26.3 Å². The third-order valence-electron chi connectivity index (χ3n) is 3.16. The van der Waals surface area contributed by atoms with E-state index in [4.69, 9.17) is 4.74 Å². The van der Waals surface area contributed by atoms with Crippen molar-refractivity contribution in [2.24, 2.45) is 5.41 Å². The van der Waals surface area contributed by atoms with Crippen molar-refractivity contribution in [3.63, 3.8) is 0 Å². The Labute approximate surface area is 117 Å². The van der Waals surface area contributed by atoms with Crippen molar-refractivity contribution < 1.29 is 9.53 Å². The average Bonchev–Trinajstić information content (AvgIpc) is 2.34. The van der Waals surface area contributed by atoms with Crippen LogP contribution in [0.2, 0.25) is 0 Å². The first-order chi connectivity index (χ1) is 8.93. The first-order valence-electron chi connectivity index (χ1n) is 7.14. The van der Waals surface area contributed by atoms with Gasteiger partial charge in [0.1, 0.15) is 0 Å². The van der Waals surface area contributed by atoms with Gasteiger partial charge in [-0.3, -0.25) is 4.79 Å². The van der Waals surface area contributed by atoms with Gasteiger partial charge in [-0.15, -0.1) is 0 Å². The van der Waals surface area contributed by atoms with E-state index in [0.717, 1.165) is 12.8 Å². The Morgan fingerprint density at radius 1 is 1.26 bits per heavy atom. The van der Waals surface area contributed by atoms with Gasteiger partial charge < -0.3 is 4.74 Å². The van der Waals surface area contributed by atoms with E-state index < -0.39 is 0 Å². The largest absolute Gasteiger partial charge is 0.465 e. The van der Waals surface area contributed by atoms with Crippen LogP contribution in [0.5, 0.6) is 0 Å². The first-order valence-corrected chi connectivity index (χ1v) is 7.14. The Kier molecular flexibility index (Phi) is 6.07. The Hall–Kier alpha value is -1.31. The summed E-state index contributed by atoms with van der Waals surface area (Å²) in [5.41, 5.74) is 2.71. The third-order valence-corrected chi connectivity index (χ3v) is 3.16. The molecule has 0 spiro atoms. The molecule has 0 N–H and O–H groups in total. The second-order valence-electron chi connectivity index (χ2n) is 6.04. The van der Waals surface area contributed by atoms with Crippen LogP contribution in [0, 0.1) is 5.41 Å². The van der Waals surface area contributed by atoms with Crippen molar-refractivity contribution in [3.05, 3.63) is 35.4 Å². The number of unbranched alkanes of at least 4 members (excludes halogenated alkanes) is 1. The summed E-state index contributed by atoms with van der Waals surface area (Å²) in [7, 11) is 0. The van der Waals surface area contributed by atoms with Crippen LogP contribution in [0.4, 0.5) is 0 Å². The van der Waals surface area contributed by atoms with E-state index in [0.29, 0.717) is 6.61 Å². The first kappa shape index (κ1) is 15.7. The van der Waals surface area contributed by atoms with Gasteiger partial charge in [0.05, 0.1) is 6.61 Å². The summed E-state index contributed by atoms with van der Waals surface area (Å²) in [6.07, 6.45) is 4.54. The van der Waals surface area contributed by atoms with E-state index in [9.17, 15) is 4.79 Å². The highest BCUT2D eigenvalue weighted by Gasteiger charge is 2.20. The van der Waals surface area contributed by atoms with Crippen LogP contribution in [-0.4, -0.2) is 12.6 Å². The van der Waals surface area contributed by atoms with Crippen molar-refractivity contribution in [2.45, 2.75) is 53.4 Å². The molecule has 0 aliphatic heterocycles. The molecule has 2 nitrogen and oxygen atoms in total. The van der Waals surface area contributed by atoms with Gasteiger partial charge in [-0.25, -0.2) is 0 Å². The van der Waals surface area contributed by atoms with Gasteiger partial charge in [0.2, 0.25) is 0 Å². The number of ether oxygens (including phenoxy) is 1. The molecular weight excluding hydrogens is 236 g/mol.